The number of nitrogens with zero attached hydrogens (tertiary/aromatic N) is 1. The van der Waals surface area contributed by atoms with Crippen molar-refractivity contribution in [2.45, 2.75) is 26.7 Å². The van der Waals surface area contributed by atoms with Crippen LogP contribution < -0.4 is 0 Å². The maximum atomic E-state index is 14.0. The van der Waals surface area contributed by atoms with Gasteiger partial charge in [0.05, 0.1) is 11.4 Å². The standard InChI is InChI=1S/C17H14F3NO2/c1-17(2)6-5-12-8(16(17)23)3-4-11(21-12)9-7-10(18)15(22)14(20)13(9)19/h3-4,7,22H,5-6H2,1-2H3. The van der Waals surface area contributed by atoms with E-state index in [1.165, 1.54) is 12.1 Å². The molecule has 1 aliphatic rings. The number of rotatable bonds is 1. The minimum Gasteiger partial charge on any atom is -0.503 e. The highest BCUT2D eigenvalue weighted by Crippen LogP contribution is 2.36. The molecule has 0 spiro atoms. The third-order valence-electron chi connectivity index (χ3n) is 4.23. The van der Waals surface area contributed by atoms with Crippen molar-refractivity contribution in [3.05, 3.63) is 46.9 Å². The van der Waals surface area contributed by atoms with Crippen molar-refractivity contribution in [3.63, 3.8) is 0 Å². The average Bonchev–Trinajstić information content (AvgIpc) is 2.52. The average molecular weight is 321 g/mol. The van der Waals surface area contributed by atoms with Gasteiger partial charge in [-0.05, 0) is 31.0 Å². The summed E-state index contributed by atoms with van der Waals surface area (Å²) >= 11 is 0. The number of hydrogen-bond donors (Lipinski definition) is 1. The first-order valence-electron chi connectivity index (χ1n) is 7.14. The van der Waals surface area contributed by atoms with Crippen LogP contribution >= 0.6 is 0 Å². The van der Waals surface area contributed by atoms with Gasteiger partial charge in [-0.15, -0.1) is 0 Å². The summed E-state index contributed by atoms with van der Waals surface area (Å²) in [5, 5.41) is 9.09. The topological polar surface area (TPSA) is 50.2 Å². The van der Waals surface area contributed by atoms with E-state index in [9.17, 15) is 18.0 Å². The number of Topliss-reactive ketones (excluding diaryl/α,β-unsaturated/α-hetero) is 1. The lowest BCUT2D eigenvalue weighted by Crippen LogP contribution is -2.31. The number of aromatic nitrogens is 1. The number of ketones is 1. The first kappa shape index (κ1) is 15.5. The van der Waals surface area contributed by atoms with Gasteiger partial charge in [0.2, 0.25) is 5.82 Å². The highest BCUT2D eigenvalue weighted by Gasteiger charge is 2.35. The lowest BCUT2D eigenvalue weighted by Gasteiger charge is -2.29. The van der Waals surface area contributed by atoms with Crippen LogP contribution in [0.25, 0.3) is 11.3 Å². The Morgan fingerprint density at radius 3 is 2.52 bits per heavy atom. The van der Waals surface area contributed by atoms with Crippen LogP contribution in [0.1, 0.15) is 36.3 Å². The Balaban J connectivity index is 2.13. The molecular formula is C17H14F3NO2. The predicted molar refractivity (Wildman–Crippen MR) is 77.6 cm³/mol. The minimum absolute atomic E-state index is 0.0200. The van der Waals surface area contributed by atoms with Gasteiger partial charge >= 0.3 is 0 Å². The lowest BCUT2D eigenvalue weighted by molar-refractivity contribution is 0.0809. The van der Waals surface area contributed by atoms with Gasteiger partial charge in [-0.1, -0.05) is 13.8 Å². The molecule has 1 aliphatic carbocycles. The highest BCUT2D eigenvalue weighted by atomic mass is 19.2. The van der Waals surface area contributed by atoms with E-state index in [1.807, 2.05) is 13.8 Å². The first-order valence-corrected chi connectivity index (χ1v) is 7.14. The van der Waals surface area contributed by atoms with Gasteiger partial charge < -0.3 is 5.11 Å². The van der Waals surface area contributed by atoms with E-state index in [-0.39, 0.29) is 11.5 Å². The molecule has 2 aromatic rings. The second kappa shape index (κ2) is 5.08. The monoisotopic (exact) mass is 321 g/mol. The summed E-state index contributed by atoms with van der Waals surface area (Å²) in [6.07, 6.45) is 1.11. The molecule has 3 rings (SSSR count). The summed E-state index contributed by atoms with van der Waals surface area (Å²) in [5.74, 6) is -5.71. The van der Waals surface area contributed by atoms with Crippen molar-refractivity contribution in [2.75, 3.05) is 0 Å². The number of phenols is 1. The van der Waals surface area contributed by atoms with Crippen molar-refractivity contribution in [3.8, 4) is 17.0 Å². The van der Waals surface area contributed by atoms with Gasteiger partial charge in [-0.25, -0.2) is 8.78 Å². The van der Waals surface area contributed by atoms with Gasteiger partial charge in [0, 0.05) is 16.5 Å². The zero-order chi connectivity index (χ0) is 16.9. The molecule has 0 atom stereocenters. The molecular weight excluding hydrogens is 307 g/mol. The van der Waals surface area contributed by atoms with Gasteiger partial charge in [0.25, 0.3) is 0 Å². The molecule has 0 fully saturated rings. The van der Waals surface area contributed by atoms with Crippen LogP contribution in [0.5, 0.6) is 5.75 Å². The van der Waals surface area contributed by atoms with Crippen LogP contribution in [0.3, 0.4) is 0 Å². The molecule has 0 aliphatic heterocycles. The van der Waals surface area contributed by atoms with Crippen LogP contribution in [0.15, 0.2) is 18.2 Å². The predicted octanol–water partition coefficient (Wildman–Crippen LogP) is 4.03. The Morgan fingerprint density at radius 1 is 1.13 bits per heavy atom. The summed E-state index contributed by atoms with van der Waals surface area (Å²) in [6, 6.07) is 3.55. The molecule has 1 aromatic heterocycles. The van der Waals surface area contributed by atoms with Crippen LogP contribution in [-0.2, 0) is 6.42 Å². The molecule has 0 bridgehead atoms. The van der Waals surface area contributed by atoms with E-state index in [1.54, 1.807) is 0 Å². The molecule has 1 heterocycles. The van der Waals surface area contributed by atoms with Crippen molar-refractivity contribution in [2.24, 2.45) is 5.41 Å². The van der Waals surface area contributed by atoms with Crippen molar-refractivity contribution in [1.29, 1.82) is 0 Å². The fourth-order valence-electron chi connectivity index (χ4n) is 2.73. The Kier molecular flexibility index (Phi) is 3.43. The van der Waals surface area contributed by atoms with Crippen LogP contribution in [0.2, 0.25) is 0 Å². The number of pyridine rings is 1. The smallest absolute Gasteiger partial charge is 0.204 e. The zero-order valence-electron chi connectivity index (χ0n) is 12.6. The maximum Gasteiger partial charge on any atom is 0.204 e. The van der Waals surface area contributed by atoms with Gasteiger partial charge in [0.1, 0.15) is 0 Å². The number of carbonyl (C=O) groups excluding carboxylic acids is 1. The molecule has 120 valence electrons. The zero-order valence-corrected chi connectivity index (χ0v) is 12.6. The van der Waals surface area contributed by atoms with E-state index in [0.717, 1.165) is 0 Å². The van der Waals surface area contributed by atoms with E-state index in [4.69, 9.17) is 5.11 Å². The summed E-state index contributed by atoms with van der Waals surface area (Å²) < 4.78 is 40.9. The molecule has 0 saturated carbocycles. The number of phenolic OH excluding ortho intramolecular Hbond substituents is 1. The van der Waals surface area contributed by atoms with E-state index in [2.05, 4.69) is 4.98 Å². The Labute approximate surface area is 130 Å². The fourth-order valence-corrected chi connectivity index (χ4v) is 2.73. The number of benzene rings is 1. The molecule has 23 heavy (non-hydrogen) atoms. The quantitative estimate of drug-likeness (QED) is 0.807. The van der Waals surface area contributed by atoms with E-state index >= 15 is 0 Å². The number of carbonyl (C=O) groups is 1. The van der Waals surface area contributed by atoms with E-state index < -0.39 is 34.2 Å². The summed E-state index contributed by atoms with van der Waals surface area (Å²) in [4.78, 5) is 16.5. The largest absolute Gasteiger partial charge is 0.503 e. The second-order valence-corrected chi connectivity index (χ2v) is 6.29. The molecule has 3 nitrogen and oxygen atoms in total. The van der Waals surface area contributed by atoms with Gasteiger partial charge in [-0.2, -0.15) is 4.39 Å². The van der Waals surface area contributed by atoms with Crippen LogP contribution in [-0.4, -0.2) is 15.9 Å². The number of fused-ring (bicyclic) bond motifs is 1. The van der Waals surface area contributed by atoms with Gasteiger partial charge in [-0.3, -0.25) is 9.78 Å². The third-order valence-corrected chi connectivity index (χ3v) is 4.23. The molecule has 6 heteroatoms. The SMILES string of the molecule is CC1(C)CCc2nc(-c3cc(F)c(O)c(F)c3F)ccc2C1=O. The molecule has 0 radical (unpaired) electrons. The molecule has 0 saturated heterocycles. The lowest BCUT2D eigenvalue weighted by atomic mass is 9.75. The summed E-state index contributed by atoms with van der Waals surface area (Å²) in [6.45, 7) is 3.69. The molecule has 1 N–H and O–H groups in total. The number of aromatic hydroxyl groups is 1. The number of halogens is 3. The Morgan fingerprint density at radius 2 is 1.83 bits per heavy atom. The summed E-state index contributed by atoms with van der Waals surface area (Å²) in [5.41, 5.74) is 0.0766. The fraction of sp³-hybridized carbons (Fsp3) is 0.294. The van der Waals surface area contributed by atoms with Crippen molar-refractivity contribution < 1.29 is 23.1 Å². The van der Waals surface area contributed by atoms with Crippen molar-refractivity contribution >= 4 is 5.78 Å². The minimum atomic E-state index is -1.66. The highest BCUT2D eigenvalue weighted by molar-refractivity contribution is 6.02. The second-order valence-electron chi connectivity index (χ2n) is 6.29. The molecule has 0 unspecified atom stereocenters. The third kappa shape index (κ3) is 2.38. The molecule has 1 aromatic carbocycles. The Hall–Kier alpha value is -2.37. The molecule has 0 amide bonds. The Bertz CT molecular complexity index is 831. The van der Waals surface area contributed by atoms with Gasteiger partial charge in [0.15, 0.2) is 23.2 Å². The van der Waals surface area contributed by atoms with Crippen molar-refractivity contribution in [1.82, 2.24) is 4.98 Å². The normalized spacial score (nSPS) is 16.3. The number of aryl methyl sites for hydroxylation is 1. The van der Waals surface area contributed by atoms with Crippen LogP contribution in [0.4, 0.5) is 13.2 Å². The van der Waals surface area contributed by atoms with Crippen LogP contribution in [0, 0.1) is 22.9 Å². The summed E-state index contributed by atoms with van der Waals surface area (Å²) in [7, 11) is 0. The first-order chi connectivity index (χ1) is 10.7. The van der Waals surface area contributed by atoms with E-state index in [0.29, 0.717) is 30.2 Å². The number of hydrogen-bond acceptors (Lipinski definition) is 3. The maximum absolute atomic E-state index is 14.0.